The molecule has 0 radical (unpaired) electrons. The summed E-state index contributed by atoms with van der Waals surface area (Å²) in [4.78, 5) is 6.84. The van der Waals surface area contributed by atoms with Crippen molar-refractivity contribution in [2.45, 2.75) is 6.54 Å². The molecule has 13 heavy (non-hydrogen) atoms. The zero-order valence-corrected chi connectivity index (χ0v) is 6.70. The number of azide groups is 1. The Hall–Kier alpha value is -2.07. The average Bonchev–Trinajstić information content (AvgIpc) is 2.57. The van der Waals surface area contributed by atoms with E-state index in [1.54, 1.807) is 23.0 Å². The second kappa shape index (κ2) is 3.12. The molecule has 6 nitrogen and oxygen atoms in total. The quantitative estimate of drug-likeness (QED) is 0.393. The molecule has 2 aromatic rings. The van der Waals surface area contributed by atoms with E-state index in [9.17, 15) is 0 Å². The molecule has 0 atom stereocenters. The Labute approximate surface area is 73.5 Å². The minimum absolute atomic E-state index is 0.264. The van der Waals surface area contributed by atoms with Crippen LogP contribution in [0.25, 0.3) is 16.1 Å². The molecule has 0 aromatic carbocycles. The minimum Gasteiger partial charge on any atom is -0.232 e. The fourth-order valence-electron chi connectivity index (χ4n) is 1.06. The van der Waals surface area contributed by atoms with Crippen molar-refractivity contribution < 1.29 is 0 Å². The largest absolute Gasteiger partial charge is 0.232 e. The van der Waals surface area contributed by atoms with E-state index in [-0.39, 0.29) is 6.54 Å². The van der Waals surface area contributed by atoms with Gasteiger partial charge in [-0.15, -0.1) is 0 Å². The summed E-state index contributed by atoms with van der Waals surface area (Å²) in [6, 6.07) is 3.65. The van der Waals surface area contributed by atoms with Gasteiger partial charge in [0.1, 0.15) is 0 Å². The maximum Gasteiger partial charge on any atom is 0.153 e. The van der Waals surface area contributed by atoms with E-state index < -0.39 is 0 Å². The van der Waals surface area contributed by atoms with Crippen LogP contribution in [0.1, 0.15) is 5.69 Å². The van der Waals surface area contributed by atoms with Crippen LogP contribution in [0.15, 0.2) is 29.6 Å². The lowest BCUT2D eigenvalue weighted by Crippen LogP contribution is -1.85. The molecule has 0 N–H and O–H groups in total. The zero-order valence-electron chi connectivity index (χ0n) is 6.70. The average molecular weight is 174 g/mol. The standard InChI is InChI=1S/C7H6N6/c8-12-9-4-6-5-13-7(11-6)2-1-3-10-13/h1-3,5H,4H2. The molecule has 0 amide bonds. The van der Waals surface area contributed by atoms with E-state index in [1.807, 2.05) is 6.07 Å². The summed E-state index contributed by atoms with van der Waals surface area (Å²) in [6.07, 6.45) is 3.41. The van der Waals surface area contributed by atoms with Gasteiger partial charge in [0.2, 0.25) is 0 Å². The van der Waals surface area contributed by atoms with Gasteiger partial charge in [-0.1, -0.05) is 5.11 Å². The van der Waals surface area contributed by atoms with Gasteiger partial charge in [-0.3, -0.25) is 0 Å². The molecule has 0 saturated heterocycles. The van der Waals surface area contributed by atoms with Crippen molar-refractivity contribution in [1.82, 2.24) is 14.6 Å². The van der Waals surface area contributed by atoms with Gasteiger partial charge in [-0.25, -0.2) is 9.50 Å². The lowest BCUT2D eigenvalue weighted by molar-refractivity contribution is 0.927. The zero-order chi connectivity index (χ0) is 9.10. The topological polar surface area (TPSA) is 79.0 Å². The number of hydrogen-bond donors (Lipinski definition) is 0. The fourth-order valence-corrected chi connectivity index (χ4v) is 1.06. The van der Waals surface area contributed by atoms with Crippen LogP contribution in [0.2, 0.25) is 0 Å². The third-order valence-corrected chi connectivity index (χ3v) is 1.58. The molecule has 0 aliphatic carbocycles. The summed E-state index contributed by atoms with van der Waals surface area (Å²) in [6.45, 7) is 0.264. The first-order valence-corrected chi connectivity index (χ1v) is 3.70. The van der Waals surface area contributed by atoms with Crippen LogP contribution >= 0.6 is 0 Å². The first-order valence-electron chi connectivity index (χ1n) is 3.70. The number of imidazole rings is 1. The molecular formula is C7H6N6. The van der Waals surface area contributed by atoms with Gasteiger partial charge in [-0.05, 0) is 17.7 Å². The van der Waals surface area contributed by atoms with Crippen LogP contribution in [0.5, 0.6) is 0 Å². The first-order chi connectivity index (χ1) is 6.40. The van der Waals surface area contributed by atoms with Crippen molar-refractivity contribution >= 4 is 5.65 Å². The molecule has 6 heteroatoms. The summed E-state index contributed by atoms with van der Waals surface area (Å²) in [5.74, 6) is 0. The molecule has 0 spiro atoms. The maximum absolute atomic E-state index is 8.11. The van der Waals surface area contributed by atoms with Crippen molar-refractivity contribution in [1.29, 1.82) is 0 Å². The summed E-state index contributed by atoms with van der Waals surface area (Å²) in [5.41, 5.74) is 9.58. The smallest absolute Gasteiger partial charge is 0.153 e. The van der Waals surface area contributed by atoms with Crippen LogP contribution < -0.4 is 0 Å². The highest BCUT2D eigenvalue weighted by atomic mass is 15.2. The second-order valence-corrected chi connectivity index (χ2v) is 2.45. The van der Waals surface area contributed by atoms with Crippen molar-refractivity contribution in [3.8, 4) is 0 Å². The van der Waals surface area contributed by atoms with Crippen molar-refractivity contribution in [2.75, 3.05) is 0 Å². The van der Waals surface area contributed by atoms with Gasteiger partial charge in [0.05, 0.1) is 18.4 Å². The normalized spacial score (nSPS) is 9.85. The van der Waals surface area contributed by atoms with Crippen LogP contribution in [0.4, 0.5) is 0 Å². The van der Waals surface area contributed by atoms with E-state index in [1.165, 1.54) is 0 Å². The van der Waals surface area contributed by atoms with E-state index in [0.717, 1.165) is 11.3 Å². The Balaban J connectivity index is 2.43. The monoisotopic (exact) mass is 174 g/mol. The summed E-state index contributed by atoms with van der Waals surface area (Å²) < 4.78 is 1.64. The summed E-state index contributed by atoms with van der Waals surface area (Å²) in [7, 11) is 0. The summed E-state index contributed by atoms with van der Waals surface area (Å²) >= 11 is 0. The lowest BCUT2D eigenvalue weighted by atomic mass is 10.5. The predicted molar refractivity (Wildman–Crippen MR) is 45.8 cm³/mol. The molecular weight excluding hydrogens is 168 g/mol. The molecule has 0 aliphatic heterocycles. The van der Waals surface area contributed by atoms with E-state index in [0.29, 0.717) is 0 Å². The SMILES string of the molecule is [N-]=[N+]=NCc1cn2ncccc2n1. The van der Waals surface area contributed by atoms with Crippen LogP contribution in [0.3, 0.4) is 0 Å². The molecule has 2 heterocycles. The second-order valence-electron chi connectivity index (χ2n) is 2.45. The summed E-state index contributed by atoms with van der Waals surface area (Å²) in [5, 5.41) is 7.44. The molecule has 0 bridgehead atoms. The predicted octanol–water partition coefficient (Wildman–Crippen LogP) is 1.54. The van der Waals surface area contributed by atoms with Crippen LogP contribution in [-0.4, -0.2) is 14.6 Å². The molecule has 0 saturated carbocycles. The number of rotatable bonds is 2. The fraction of sp³-hybridized carbons (Fsp3) is 0.143. The lowest BCUT2D eigenvalue weighted by Gasteiger charge is -1.85. The van der Waals surface area contributed by atoms with Crippen LogP contribution in [-0.2, 0) is 6.54 Å². The van der Waals surface area contributed by atoms with Crippen LogP contribution in [0, 0.1) is 0 Å². The Morgan fingerprint density at radius 2 is 2.54 bits per heavy atom. The molecule has 64 valence electrons. The van der Waals surface area contributed by atoms with Crippen molar-refractivity contribution in [3.63, 3.8) is 0 Å². The number of aromatic nitrogens is 3. The van der Waals surface area contributed by atoms with Gasteiger partial charge in [0.25, 0.3) is 0 Å². The number of hydrogen-bond acceptors (Lipinski definition) is 3. The van der Waals surface area contributed by atoms with Gasteiger partial charge in [-0.2, -0.15) is 5.10 Å². The van der Waals surface area contributed by atoms with Gasteiger partial charge in [0.15, 0.2) is 5.65 Å². The number of nitrogens with zero attached hydrogens (tertiary/aromatic N) is 6. The van der Waals surface area contributed by atoms with E-state index in [4.69, 9.17) is 5.53 Å². The van der Waals surface area contributed by atoms with Gasteiger partial charge < -0.3 is 0 Å². The molecule has 2 rings (SSSR count). The van der Waals surface area contributed by atoms with Crippen molar-refractivity contribution in [3.05, 3.63) is 40.7 Å². The molecule has 0 fully saturated rings. The molecule has 0 unspecified atom stereocenters. The Bertz CT molecular complexity index is 434. The van der Waals surface area contributed by atoms with Gasteiger partial charge >= 0.3 is 0 Å². The van der Waals surface area contributed by atoms with E-state index in [2.05, 4.69) is 20.1 Å². The minimum atomic E-state index is 0.264. The Kier molecular flexibility index (Phi) is 1.82. The maximum atomic E-state index is 8.11. The van der Waals surface area contributed by atoms with Gasteiger partial charge in [0, 0.05) is 11.1 Å². The van der Waals surface area contributed by atoms with E-state index >= 15 is 0 Å². The molecule has 0 aliphatic rings. The number of fused-ring (bicyclic) bond motifs is 1. The third kappa shape index (κ3) is 1.43. The molecule has 2 aromatic heterocycles. The highest BCUT2D eigenvalue weighted by Gasteiger charge is 1.98. The highest BCUT2D eigenvalue weighted by Crippen LogP contribution is 2.03. The Morgan fingerprint density at radius 1 is 1.62 bits per heavy atom. The Morgan fingerprint density at radius 3 is 3.31 bits per heavy atom. The highest BCUT2D eigenvalue weighted by molar-refractivity contribution is 5.37. The first kappa shape index (κ1) is 7.57. The van der Waals surface area contributed by atoms with Crippen molar-refractivity contribution in [2.24, 2.45) is 5.11 Å². The third-order valence-electron chi connectivity index (χ3n) is 1.58.